The van der Waals surface area contributed by atoms with Gasteiger partial charge < -0.3 is 15.2 Å². The Morgan fingerprint density at radius 1 is 0.744 bits per heavy atom. The summed E-state index contributed by atoms with van der Waals surface area (Å²) in [7, 11) is 0. The molecule has 2 unspecified atom stereocenters. The number of nitrogens with zero attached hydrogens (tertiary/aromatic N) is 1. The van der Waals surface area contributed by atoms with Crippen LogP contribution in [0.1, 0.15) is 65.7 Å². The fraction of sp³-hybridized carbons (Fsp3) is 0.481. The van der Waals surface area contributed by atoms with Crippen LogP contribution in [-0.2, 0) is 0 Å². The lowest BCUT2D eigenvalue weighted by Crippen LogP contribution is -2.39. The number of rotatable bonds is 10. The third kappa shape index (κ3) is 9.45. The normalized spacial score (nSPS) is 17.9. The number of hydrogen-bond acceptors (Lipinski definition) is 5. The fourth-order valence-corrected chi connectivity index (χ4v) is 4.92. The smallest absolute Gasteiger partial charge is 0.406 e. The Hall–Kier alpha value is -3.28. The summed E-state index contributed by atoms with van der Waals surface area (Å²) in [6.45, 7) is 0.595. The maximum absolute atomic E-state index is 13.4. The van der Waals surface area contributed by atoms with E-state index >= 15 is 0 Å². The molecular weight excluding hydrogens is 530 g/mol. The van der Waals surface area contributed by atoms with Crippen LogP contribution in [0.5, 0.6) is 11.5 Å². The number of carbonyl (C=O) groups excluding carboxylic acids is 2. The minimum absolute atomic E-state index is 0.0308. The second-order valence-corrected chi connectivity index (χ2v) is 9.43. The summed E-state index contributed by atoms with van der Waals surface area (Å²) in [4.78, 5) is 27.8. The van der Waals surface area contributed by atoms with Gasteiger partial charge in [0.15, 0.2) is 0 Å². The van der Waals surface area contributed by atoms with Gasteiger partial charge in [-0.25, -0.2) is 0 Å². The van der Waals surface area contributed by atoms with Crippen molar-refractivity contribution < 1.29 is 45.4 Å². The highest BCUT2D eigenvalue weighted by molar-refractivity contribution is 6.10. The van der Waals surface area contributed by atoms with Gasteiger partial charge in [0, 0.05) is 17.7 Å². The topological polar surface area (TPSA) is 81.9 Å². The third-order valence-corrected chi connectivity index (χ3v) is 6.73. The molecule has 1 aliphatic rings. The molecule has 0 radical (unpaired) electrons. The molecule has 214 valence electrons. The lowest BCUT2D eigenvalue weighted by molar-refractivity contribution is -0.275. The first kappa shape index (κ1) is 30.3. The van der Waals surface area contributed by atoms with Crippen LogP contribution in [-0.4, -0.2) is 42.5 Å². The number of nitrogens with two attached hydrogens (primary N) is 1. The van der Waals surface area contributed by atoms with Crippen molar-refractivity contribution in [3.63, 3.8) is 0 Å². The summed E-state index contributed by atoms with van der Waals surface area (Å²) in [5.41, 5.74) is 5.58. The SMILES string of the molecule is NCCCC1CCCCC1CCN(C(=O)c1ccc(OC(F)(F)F)cc1)C(=O)c1ccc(OC(F)(F)F)cc1. The van der Waals surface area contributed by atoms with Crippen molar-refractivity contribution in [3.05, 3.63) is 59.7 Å². The first-order chi connectivity index (χ1) is 18.4. The molecule has 1 aliphatic carbocycles. The highest BCUT2D eigenvalue weighted by Crippen LogP contribution is 2.35. The van der Waals surface area contributed by atoms with Gasteiger partial charge in [-0.05, 0) is 86.2 Å². The minimum atomic E-state index is -4.91. The van der Waals surface area contributed by atoms with E-state index in [1.165, 1.54) is 0 Å². The molecule has 0 aliphatic heterocycles. The fourth-order valence-electron chi connectivity index (χ4n) is 4.92. The molecule has 1 saturated carbocycles. The summed E-state index contributed by atoms with van der Waals surface area (Å²) in [5, 5.41) is 0. The second kappa shape index (κ2) is 13.2. The van der Waals surface area contributed by atoms with Crippen LogP contribution in [0.2, 0.25) is 0 Å². The van der Waals surface area contributed by atoms with E-state index in [0.717, 1.165) is 92.0 Å². The molecular formula is C27H30F6N2O4. The number of imide groups is 1. The van der Waals surface area contributed by atoms with Crippen LogP contribution in [0.25, 0.3) is 0 Å². The van der Waals surface area contributed by atoms with E-state index < -0.39 is 36.0 Å². The van der Waals surface area contributed by atoms with E-state index in [1.54, 1.807) is 0 Å². The molecule has 2 aromatic carbocycles. The minimum Gasteiger partial charge on any atom is -0.406 e. The molecule has 2 amide bonds. The maximum atomic E-state index is 13.4. The highest BCUT2D eigenvalue weighted by Gasteiger charge is 2.33. The lowest BCUT2D eigenvalue weighted by Gasteiger charge is -2.33. The standard InChI is InChI=1S/C27H30F6N2O4/c28-26(29,30)38-22-11-7-20(8-12-22)24(36)35(17-15-19-5-2-1-4-18(19)6-3-16-34)25(37)21-9-13-23(14-10-21)39-27(31,32)33/h7-14,18-19H,1-6,15-17,34H2. The molecule has 0 bridgehead atoms. The van der Waals surface area contributed by atoms with Gasteiger partial charge >= 0.3 is 12.7 Å². The van der Waals surface area contributed by atoms with Gasteiger partial charge in [-0.2, -0.15) is 0 Å². The Morgan fingerprint density at radius 2 is 1.15 bits per heavy atom. The van der Waals surface area contributed by atoms with E-state index in [4.69, 9.17) is 5.73 Å². The van der Waals surface area contributed by atoms with E-state index in [2.05, 4.69) is 9.47 Å². The molecule has 0 aromatic heterocycles. The van der Waals surface area contributed by atoms with Gasteiger partial charge in [0.25, 0.3) is 11.8 Å². The molecule has 2 atom stereocenters. The van der Waals surface area contributed by atoms with Gasteiger partial charge in [0.2, 0.25) is 0 Å². The zero-order valence-electron chi connectivity index (χ0n) is 21.1. The van der Waals surface area contributed by atoms with Crippen LogP contribution in [0, 0.1) is 11.8 Å². The first-order valence-electron chi connectivity index (χ1n) is 12.6. The summed E-state index contributed by atoms with van der Waals surface area (Å²) in [6, 6.07) is 8.35. The summed E-state index contributed by atoms with van der Waals surface area (Å²) in [5.74, 6) is -1.90. The van der Waals surface area contributed by atoms with Crippen LogP contribution in [0.4, 0.5) is 26.3 Å². The third-order valence-electron chi connectivity index (χ3n) is 6.73. The van der Waals surface area contributed by atoms with Crippen molar-refractivity contribution in [2.45, 2.75) is 57.7 Å². The Kier molecular flexibility index (Phi) is 10.2. The Bertz CT molecular complexity index is 1020. The van der Waals surface area contributed by atoms with Gasteiger partial charge in [0.1, 0.15) is 11.5 Å². The monoisotopic (exact) mass is 560 g/mol. The van der Waals surface area contributed by atoms with Gasteiger partial charge in [0.05, 0.1) is 0 Å². The average Bonchev–Trinajstić information content (AvgIpc) is 2.87. The molecule has 0 spiro atoms. The quantitative estimate of drug-likeness (QED) is 0.258. The van der Waals surface area contributed by atoms with Gasteiger partial charge in [-0.3, -0.25) is 14.5 Å². The predicted octanol–water partition coefficient (Wildman–Crippen LogP) is 6.70. The van der Waals surface area contributed by atoms with Gasteiger partial charge in [-0.1, -0.05) is 25.7 Å². The predicted molar refractivity (Wildman–Crippen MR) is 130 cm³/mol. The largest absolute Gasteiger partial charge is 0.573 e. The number of amides is 2. The Morgan fingerprint density at radius 3 is 1.54 bits per heavy atom. The van der Waals surface area contributed by atoms with Crippen molar-refractivity contribution in [1.29, 1.82) is 0 Å². The summed E-state index contributed by atoms with van der Waals surface area (Å²) >= 11 is 0. The number of ether oxygens (including phenoxy) is 2. The molecule has 0 saturated heterocycles. The first-order valence-corrected chi connectivity index (χ1v) is 12.6. The molecule has 2 aromatic rings. The number of carbonyl (C=O) groups is 2. The van der Waals surface area contributed by atoms with Crippen molar-refractivity contribution in [1.82, 2.24) is 4.90 Å². The number of alkyl halides is 6. The van der Waals surface area contributed by atoms with Crippen molar-refractivity contribution in [2.75, 3.05) is 13.1 Å². The Balaban J connectivity index is 1.82. The molecule has 2 N–H and O–H groups in total. The molecule has 12 heteroatoms. The van der Waals surface area contributed by atoms with E-state index in [-0.39, 0.29) is 23.6 Å². The van der Waals surface area contributed by atoms with Gasteiger partial charge in [-0.15, -0.1) is 26.3 Å². The van der Waals surface area contributed by atoms with Crippen LogP contribution in [0.3, 0.4) is 0 Å². The molecule has 1 fully saturated rings. The summed E-state index contributed by atoms with van der Waals surface area (Å²) in [6.07, 6.45) is -3.44. The lowest BCUT2D eigenvalue weighted by atomic mass is 9.75. The van der Waals surface area contributed by atoms with E-state index in [0.29, 0.717) is 18.9 Å². The van der Waals surface area contributed by atoms with E-state index in [9.17, 15) is 35.9 Å². The highest BCUT2D eigenvalue weighted by atomic mass is 19.4. The average molecular weight is 561 g/mol. The molecule has 3 rings (SSSR count). The number of benzene rings is 2. The van der Waals surface area contributed by atoms with Crippen LogP contribution >= 0.6 is 0 Å². The zero-order chi connectivity index (χ0) is 28.6. The van der Waals surface area contributed by atoms with Crippen LogP contribution < -0.4 is 15.2 Å². The van der Waals surface area contributed by atoms with Crippen molar-refractivity contribution >= 4 is 11.8 Å². The number of halogens is 6. The summed E-state index contributed by atoms with van der Waals surface area (Å²) < 4.78 is 82.7. The van der Waals surface area contributed by atoms with Crippen molar-refractivity contribution in [2.24, 2.45) is 17.6 Å². The van der Waals surface area contributed by atoms with E-state index in [1.807, 2.05) is 0 Å². The Labute approximate surface area is 222 Å². The van der Waals surface area contributed by atoms with Crippen molar-refractivity contribution in [3.8, 4) is 11.5 Å². The van der Waals surface area contributed by atoms with Crippen LogP contribution in [0.15, 0.2) is 48.5 Å². The number of hydrogen-bond donors (Lipinski definition) is 1. The molecule has 6 nitrogen and oxygen atoms in total. The second-order valence-electron chi connectivity index (χ2n) is 9.43. The molecule has 0 heterocycles. The zero-order valence-corrected chi connectivity index (χ0v) is 21.1. The maximum Gasteiger partial charge on any atom is 0.573 e. The molecule has 39 heavy (non-hydrogen) atoms.